The van der Waals surface area contributed by atoms with Gasteiger partial charge in [-0.2, -0.15) is 5.10 Å². The minimum atomic E-state index is -0.258. The van der Waals surface area contributed by atoms with E-state index in [0.29, 0.717) is 0 Å². The van der Waals surface area contributed by atoms with Crippen LogP contribution in [-0.4, -0.2) is 14.8 Å². The zero-order chi connectivity index (χ0) is 12.4. The number of hydrogen-bond acceptors (Lipinski definition) is 3. The Morgan fingerprint density at radius 2 is 2.24 bits per heavy atom. The van der Waals surface area contributed by atoms with E-state index in [1.165, 1.54) is 0 Å². The first-order valence-corrected chi connectivity index (χ1v) is 6.33. The van der Waals surface area contributed by atoms with Crippen molar-refractivity contribution in [3.8, 4) is 0 Å². The Balaban J connectivity index is 2.43. The van der Waals surface area contributed by atoms with Crippen LogP contribution in [0.15, 0.2) is 28.9 Å². The molecule has 0 aliphatic heterocycles. The van der Waals surface area contributed by atoms with Gasteiger partial charge in [-0.25, -0.2) is 0 Å². The highest BCUT2D eigenvalue weighted by Crippen LogP contribution is 2.25. The van der Waals surface area contributed by atoms with Crippen LogP contribution in [-0.2, 0) is 6.54 Å². The standard InChI is InChI=1S/C12H15BrN4/c1-3-17-12(9(13)7-15-17)11(14)10-6-4-5-8(2)16-10/h4-7,11H,3,14H2,1-2H3. The van der Waals surface area contributed by atoms with Crippen LogP contribution >= 0.6 is 15.9 Å². The SMILES string of the molecule is CCn1ncc(Br)c1C(N)c1cccc(C)n1. The highest BCUT2D eigenvalue weighted by Gasteiger charge is 2.18. The van der Waals surface area contributed by atoms with E-state index in [4.69, 9.17) is 5.73 Å². The predicted octanol–water partition coefficient (Wildman–Crippen LogP) is 2.42. The van der Waals surface area contributed by atoms with Crippen LogP contribution in [0.4, 0.5) is 0 Å². The van der Waals surface area contributed by atoms with Crippen molar-refractivity contribution in [3.05, 3.63) is 46.0 Å². The number of halogens is 1. The molecule has 0 radical (unpaired) electrons. The van der Waals surface area contributed by atoms with Crippen LogP contribution in [0.5, 0.6) is 0 Å². The normalized spacial score (nSPS) is 12.7. The molecule has 0 amide bonds. The molecule has 2 rings (SSSR count). The van der Waals surface area contributed by atoms with Crippen molar-refractivity contribution in [2.24, 2.45) is 5.73 Å². The van der Waals surface area contributed by atoms with E-state index in [9.17, 15) is 0 Å². The zero-order valence-electron chi connectivity index (χ0n) is 9.89. The smallest absolute Gasteiger partial charge is 0.0908 e. The molecule has 2 heterocycles. The van der Waals surface area contributed by atoms with Crippen molar-refractivity contribution in [3.63, 3.8) is 0 Å². The number of aryl methyl sites for hydroxylation is 2. The van der Waals surface area contributed by atoms with Gasteiger partial charge in [-0.3, -0.25) is 9.67 Å². The quantitative estimate of drug-likeness (QED) is 0.946. The minimum absolute atomic E-state index is 0.258. The Hall–Kier alpha value is -1.20. The fourth-order valence-corrected chi connectivity index (χ4v) is 2.35. The first kappa shape index (κ1) is 12.3. The van der Waals surface area contributed by atoms with E-state index >= 15 is 0 Å². The Kier molecular flexibility index (Phi) is 3.59. The second-order valence-corrected chi connectivity index (χ2v) is 4.73. The lowest BCUT2D eigenvalue weighted by Gasteiger charge is -2.14. The van der Waals surface area contributed by atoms with Gasteiger partial charge in [0, 0.05) is 12.2 Å². The second-order valence-electron chi connectivity index (χ2n) is 3.88. The molecule has 0 aliphatic carbocycles. The molecular formula is C12H15BrN4. The molecule has 90 valence electrons. The Bertz CT molecular complexity index is 521. The van der Waals surface area contributed by atoms with Crippen LogP contribution in [0.3, 0.4) is 0 Å². The summed E-state index contributed by atoms with van der Waals surface area (Å²) in [5.74, 6) is 0. The van der Waals surface area contributed by atoms with Crippen LogP contribution in [0, 0.1) is 6.92 Å². The molecular weight excluding hydrogens is 280 g/mol. The minimum Gasteiger partial charge on any atom is -0.318 e. The number of rotatable bonds is 3. The van der Waals surface area contributed by atoms with Crippen molar-refractivity contribution < 1.29 is 0 Å². The number of pyridine rings is 1. The number of nitrogens with zero attached hydrogens (tertiary/aromatic N) is 3. The summed E-state index contributed by atoms with van der Waals surface area (Å²) in [7, 11) is 0. The van der Waals surface area contributed by atoms with Crippen LogP contribution in [0.1, 0.15) is 30.0 Å². The Morgan fingerprint density at radius 3 is 2.88 bits per heavy atom. The molecule has 1 unspecified atom stereocenters. The Labute approximate surface area is 109 Å². The van der Waals surface area contributed by atoms with Crippen LogP contribution < -0.4 is 5.73 Å². The molecule has 0 aliphatic rings. The zero-order valence-corrected chi connectivity index (χ0v) is 11.5. The largest absolute Gasteiger partial charge is 0.318 e. The second kappa shape index (κ2) is 4.98. The molecule has 5 heteroatoms. The summed E-state index contributed by atoms with van der Waals surface area (Å²) in [6.45, 7) is 4.79. The molecule has 2 aromatic rings. The lowest BCUT2D eigenvalue weighted by atomic mass is 10.1. The third-order valence-electron chi connectivity index (χ3n) is 2.66. The molecule has 2 N–H and O–H groups in total. The summed E-state index contributed by atoms with van der Waals surface area (Å²) in [4.78, 5) is 4.46. The summed E-state index contributed by atoms with van der Waals surface area (Å²) in [5.41, 5.74) is 9.05. The molecule has 0 fully saturated rings. The molecule has 0 saturated heterocycles. The fourth-order valence-electron chi connectivity index (χ4n) is 1.81. The van der Waals surface area contributed by atoms with Gasteiger partial charge in [-0.1, -0.05) is 6.07 Å². The number of hydrogen-bond donors (Lipinski definition) is 1. The summed E-state index contributed by atoms with van der Waals surface area (Å²) in [6.07, 6.45) is 1.77. The van der Waals surface area contributed by atoms with E-state index in [0.717, 1.165) is 28.1 Å². The van der Waals surface area contributed by atoms with Gasteiger partial charge in [-0.05, 0) is 41.9 Å². The maximum Gasteiger partial charge on any atom is 0.0908 e. The van der Waals surface area contributed by atoms with Crippen LogP contribution in [0.2, 0.25) is 0 Å². The fraction of sp³-hybridized carbons (Fsp3) is 0.333. The highest BCUT2D eigenvalue weighted by molar-refractivity contribution is 9.10. The summed E-state index contributed by atoms with van der Waals surface area (Å²) in [5, 5.41) is 4.27. The summed E-state index contributed by atoms with van der Waals surface area (Å²) >= 11 is 3.48. The first-order valence-electron chi connectivity index (χ1n) is 5.53. The molecule has 0 aromatic carbocycles. The van der Waals surface area contributed by atoms with Gasteiger partial charge in [0.2, 0.25) is 0 Å². The van der Waals surface area contributed by atoms with E-state index in [2.05, 4.69) is 26.0 Å². The molecule has 1 atom stereocenters. The number of nitrogens with two attached hydrogens (primary N) is 1. The molecule has 0 bridgehead atoms. The van der Waals surface area contributed by atoms with E-state index < -0.39 is 0 Å². The van der Waals surface area contributed by atoms with Crippen molar-refractivity contribution in [2.45, 2.75) is 26.4 Å². The number of aromatic nitrogens is 3. The third kappa shape index (κ3) is 2.40. The maximum absolute atomic E-state index is 6.25. The summed E-state index contributed by atoms with van der Waals surface area (Å²) < 4.78 is 2.81. The third-order valence-corrected chi connectivity index (χ3v) is 3.27. The van der Waals surface area contributed by atoms with E-state index in [1.54, 1.807) is 6.20 Å². The van der Waals surface area contributed by atoms with Gasteiger partial charge in [0.1, 0.15) is 0 Å². The average Bonchev–Trinajstić information content (AvgIpc) is 2.69. The van der Waals surface area contributed by atoms with Crippen molar-refractivity contribution >= 4 is 15.9 Å². The van der Waals surface area contributed by atoms with Crippen molar-refractivity contribution in [1.82, 2.24) is 14.8 Å². The molecule has 2 aromatic heterocycles. The van der Waals surface area contributed by atoms with E-state index in [-0.39, 0.29) is 6.04 Å². The molecule has 4 nitrogen and oxygen atoms in total. The van der Waals surface area contributed by atoms with Gasteiger partial charge in [0.15, 0.2) is 0 Å². The van der Waals surface area contributed by atoms with Gasteiger partial charge < -0.3 is 5.73 Å². The Morgan fingerprint density at radius 1 is 1.47 bits per heavy atom. The van der Waals surface area contributed by atoms with Gasteiger partial charge in [0.05, 0.1) is 28.1 Å². The topological polar surface area (TPSA) is 56.7 Å². The van der Waals surface area contributed by atoms with Crippen molar-refractivity contribution in [1.29, 1.82) is 0 Å². The lowest BCUT2D eigenvalue weighted by Crippen LogP contribution is -2.19. The predicted molar refractivity (Wildman–Crippen MR) is 70.6 cm³/mol. The van der Waals surface area contributed by atoms with Crippen LogP contribution in [0.25, 0.3) is 0 Å². The lowest BCUT2D eigenvalue weighted by molar-refractivity contribution is 0.594. The molecule has 0 spiro atoms. The van der Waals surface area contributed by atoms with Gasteiger partial charge in [0.25, 0.3) is 0 Å². The van der Waals surface area contributed by atoms with Gasteiger partial charge >= 0.3 is 0 Å². The highest BCUT2D eigenvalue weighted by atomic mass is 79.9. The van der Waals surface area contributed by atoms with Crippen molar-refractivity contribution in [2.75, 3.05) is 0 Å². The average molecular weight is 295 g/mol. The van der Waals surface area contributed by atoms with Gasteiger partial charge in [-0.15, -0.1) is 0 Å². The first-order chi connectivity index (χ1) is 8.13. The molecule has 17 heavy (non-hydrogen) atoms. The molecule has 0 saturated carbocycles. The monoisotopic (exact) mass is 294 g/mol. The summed E-state index contributed by atoms with van der Waals surface area (Å²) in [6, 6.07) is 5.61. The maximum atomic E-state index is 6.25. The van der Waals surface area contributed by atoms with E-state index in [1.807, 2.05) is 36.7 Å².